The average Bonchev–Trinajstić information content (AvgIpc) is 2.66. The lowest BCUT2D eigenvalue weighted by Crippen LogP contribution is -2.29. The van der Waals surface area contributed by atoms with E-state index in [0.717, 1.165) is 5.56 Å². The number of anilines is 1. The van der Waals surface area contributed by atoms with E-state index in [4.69, 9.17) is 9.47 Å². The van der Waals surface area contributed by atoms with Gasteiger partial charge in [-0.25, -0.2) is 9.78 Å². The Hall–Kier alpha value is -3.29. The van der Waals surface area contributed by atoms with E-state index in [-0.39, 0.29) is 18.5 Å². The second kappa shape index (κ2) is 9.87. The third-order valence-electron chi connectivity index (χ3n) is 3.35. The Labute approximate surface area is 151 Å². The SMILES string of the molecule is CCNC(=O)Nc1ccc(OCC(=O)NCc2ccccc2OC)nc1. The number of benzene rings is 1. The van der Waals surface area contributed by atoms with Gasteiger partial charge in [-0.3, -0.25) is 4.79 Å². The van der Waals surface area contributed by atoms with Crippen molar-refractivity contribution in [2.75, 3.05) is 25.6 Å². The number of nitrogens with one attached hydrogen (secondary N) is 3. The summed E-state index contributed by atoms with van der Waals surface area (Å²) in [7, 11) is 1.58. The summed E-state index contributed by atoms with van der Waals surface area (Å²) >= 11 is 0. The number of ether oxygens (including phenoxy) is 2. The number of rotatable bonds is 8. The zero-order chi connectivity index (χ0) is 18.8. The Morgan fingerprint density at radius 3 is 2.62 bits per heavy atom. The molecule has 0 saturated carbocycles. The van der Waals surface area contributed by atoms with E-state index in [1.165, 1.54) is 6.20 Å². The first-order chi connectivity index (χ1) is 12.6. The quantitative estimate of drug-likeness (QED) is 0.669. The minimum absolute atomic E-state index is 0.161. The molecule has 0 aliphatic carbocycles. The second-order valence-corrected chi connectivity index (χ2v) is 5.25. The van der Waals surface area contributed by atoms with Gasteiger partial charge in [-0.2, -0.15) is 0 Å². The van der Waals surface area contributed by atoms with Crippen LogP contribution in [-0.4, -0.2) is 37.2 Å². The van der Waals surface area contributed by atoms with Gasteiger partial charge in [0, 0.05) is 24.7 Å². The standard InChI is InChI=1S/C18H22N4O4/c1-3-19-18(24)22-14-8-9-17(21-11-14)26-12-16(23)20-10-13-6-4-5-7-15(13)25-2/h4-9,11H,3,10,12H2,1-2H3,(H,20,23)(H2,19,22,24). The molecule has 0 saturated heterocycles. The van der Waals surface area contributed by atoms with E-state index in [0.29, 0.717) is 30.4 Å². The molecule has 0 radical (unpaired) electrons. The molecule has 0 atom stereocenters. The number of para-hydroxylation sites is 1. The van der Waals surface area contributed by atoms with Crippen LogP contribution >= 0.6 is 0 Å². The van der Waals surface area contributed by atoms with Gasteiger partial charge in [0.15, 0.2) is 6.61 Å². The van der Waals surface area contributed by atoms with Gasteiger partial charge in [-0.1, -0.05) is 18.2 Å². The first-order valence-corrected chi connectivity index (χ1v) is 8.14. The molecule has 1 heterocycles. The van der Waals surface area contributed by atoms with E-state index in [2.05, 4.69) is 20.9 Å². The monoisotopic (exact) mass is 358 g/mol. The first kappa shape index (κ1) is 19.0. The summed E-state index contributed by atoms with van der Waals surface area (Å²) in [4.78, 5) is 27.4. The zero-order valence-corrected chi connectivity index (χ0v) is 14.7. The van der Waals surface area contributed by atoms with Crippen LogP contribution in [0.25, 0.3) is 0 Å². The summed E-state index contributed by atoms with van der Waals surface area (Å²) in [5, 5.41) is 8.00. The molecule has 8 heteroatoms. The number of carbonyl (C=O) groups excluding carboxylic acids is 2. The van der Waals surface area contributed by atoms with Crippen LogP contribution in [0.1, 0.15) is 12.5 Å². The van der Waals surface area contributed by atoms with Crippen molar-refractivity contribution >= 4 is 17.6 Å². The molecule has 3 amide bonds. The molecule has 3 N–H and O–H groups in total. The van der Waals surface area contributed by atoms with E-state index >= 15 is 0 Å². The lowest BCUT2D eigenvalue weighted by Gasteiger charge is -2.10. The number of pyridine rings is 1. The van der Waals surface area contributed by atoms with Crippen LogP contribution in [0.2, 0.25) is 0 Å². The summed E-state index contributed by atoms with van der Waals surface area (Å²) < 4.78 is 10.6. The highest BCUT2D eigenvalue weighted by atomic mass is 16.5. The van der Waals surface area contributed by atoms with E-state index in [9.17, 15) is 9.59 Å². The number of carbonyl (C=O) groups is 2. The lowest BCUT2D eigenvalue weighted by molar-refractivity contribution is -0.123. The highest BCUT2D eigenvalue weighted by molar-refractivity contribution is 5.88. The van der Waals surface area contributed by atoms with Gasteiger partial charge >= 0.3 is 6.03 Å². The van der Waals surface area contributed by atoms with Crippen molar-refractivity contribution in [1.82, 2.24) is 15.6 Å². The third kappa shape index (κ3) is 5.97. The molecule has 138 valence electrons. The zero-order valence-electron chi connectivity index (χ0n) is 14.7. The minimum Gasteiger partial charge on any atom is -0.496 e. The molecule has 0 aliphatic heterocycles. The normalized spacial score (nSPS) is 9.92. The number of aromatic nitrogens is 1. The van der Waals surface area contributed by atoms with Crippen molar-refractivity contribution in [3.8, 4) is 11.6 Å². The van der Waals surface area contributed by atoms with Gasteiger partial charge in [0.05, 0.1) is 19.0 Å². The first-order valence-electron chi connectivity index (χ1n) is 8.14. The molecule has 2 aromatic rings. The lowest BCUT2D eigenvalue weighted by atomic mass is 10.2. The van der Waals surface area contributed by atoms with E-state index in [1.54, 1.807) is 19.2 Å². The van der Waals surface area contributed by atoms with Crippen LogP contribution in [0.15, 0.2) is 42.6 Å². The summed E-state index contributed by atoms with van der Waals surface area (Å²) in [6, 6.07) is 10.4. The molecular weight excluding hydrogens is 336 g/mol. The molecule has 0 bridgehead atoms. The van der Waals surface area contributed by atoms with Crippen molar-refractivity contribution in [1.29, 1.82) is 0 Å². The predicted molar refractivity (Wildman–Crippen MR) is 97.3 cm³/mol. The second-order valence-electron chi connectivity index (χ2n) is 5.25. The van der Waals surface area contributed by atoms with Crippen LogP contribution in [0, 0.1) is 0 Å². The smallest absolute Gasteiger partial charge is 0.319 e. The molecule has 0 aliphatic rings. The van der Waals surface area contributed by atoms with Crippen LogP contribution < -0.4 is 25.4 Å². The number of urea groups is 1. The Balaban J connectivity index is 1.77. The van der Waals surface area contributed by atoms with Crippen molar-refractivity contribution in [3.63, 3.8) is 0 Å². The van der Waals surface area contributed by atoms with Gasteiger partial charge < -0.3 is 25.4 Å². The summed E-state index contributed by atoms with van der Waals surface area (Å²) in [6.45, 7) is 2.54. The van der Waals surface area contributed by atoms with E-state index in [1.807, 2.05) is 31.2 Å². The Morgan fingerprint density at radius 1 is 1.12 bits per heavy atom. The summed E-state index contributed by atoms with van der Waals surface area (Å²) in [5.74, 6) is 0.728. The topological polar surface area (TPSA) is 102 Å². The van der Waals surface area contributed by atoms with Gasteiger partial charge in [-0.05, 0) is 19.1 Å². The fourth-order valence-corrected chi connectivity index (χ4v) is 2.11. The highest BCUT2D eigenvalue weighted by Gasteiger charge is 2.07. The third-order valence-corrected chi connectivity index (χ3v) is 3.35. The number of hydrogen-bond donors (Lipinski definition) is 3. The predicted octanol–water partition coefficient (Wildman–Crippen LogP) is 1.93. The van der Waals surface area contributed by atoms with Gasteiger partial charge in [0.1, 0.15) is 5.75 Å². The molecule has 2 rings (SSSR count). The average molecular weight is 358 g/mol. The minimum atomic E-state index is -0.307. The van der Waals surface area contributed by atoms with Crippen LogP contribution in [0.4, 0.5) is 10.5 Å². The fourth-order valence-electron chi connectivity index (χ4n) is 2.11. The van der Waals surface area contributed by atoms with Crippen molar-refractivity contribution in [2.45, 2.75) is 13.5 Å². The number of methoxy groups -OCH3 is 1. The maximum Gasteiger partial charge on any atom is 0.319 e. The van der Waals surface area contributed by atoms with Gasteiger partial charge in [0.25, 0.3) is 5.91 Å². The largest absolute Gasteiger partial charge is 0.496 e. The molecule has 0 unspecified atom stereocenters. The summed E-state index contributed by atoms with van der Waals surface area (Å²) in [5.41, 5.74) is 1.41. The van der Waals surface area contributed by atoms with E-state index < -0.39 is 0 Å². The number of hydrogen-bond acceptors (Lipinski definition) is 5. The molecule has 8 nitrogen and oxygen atoms in total. The Morgan fingerprint density at radius 2 is 1.92 bits per heavy atom. The molecule has 26 heavy (non-hydrogen) atoms. The Bertz CT molecular complexity index is 734. The molecule has 0 fully saturated rings. The molecular formula is C18H22N4O4. The number of nitrogens with zero attached hydrogens (tertiary/aromatic N) is 1. The van der Waals surface area contributed by atoms with Crippen LogP contribution in [0.3, 0.4) is 0 Å². The molecule has 0 spiro atoms. The summed E-state index contributed by atoms with van der Waals surface area (Å²) in [6.07, 6.45) is 1.46. The molecule has 1 aromatic carbocycles. The maximum atomic E-state index is 11.9. The van der Waals surface area contributed by atoms with Crippen molar-refractivity contribution < 1.29 is 19.1 Å². The maximum absolute atomic E-state index is 11.9. The van der Waals surface area contributed by atoms with Crippen LogP contribution in [0.5, 0.6) is 11.6 Å². The van der Waals surface area contributed by atoms with Gasteiger partial charge in [0.2, 0.25) is 5.88 Å². The fraction of sp³-hybridized carbons (Fsp3) is 0.278. The van der Waals surface area contributed by atoms with Crippen molar-refractivity contribution in [3.05, 3.63) is 48.2 Å². The van der Waals surface area contributed by atoms with Gasteiger partial charge in [-0.15, -0.1) is 0 Å². The van der Waals surface area contributed by atoms with Crippen molar-refractivity contribution in [2.24, 2.45) is 0 Å². The highest BCUT2D eigenvalue weighted by Crippen LogP contribution is 2.16. The molecule has 1 aromatic heterocycles. The Kier molecular flexibility index (Phi) is 7.23. The van der Waals surface area contributed by atoms with Crippen LogP contribution in [-0.2, 0) is 11.3 Å². The number of amides is 3.